The summed E-state index contributed by atoms with van der Waals surface area (Å²) in [5.41, 5.74) is 0. The van der Waals surface area contributed by atoms with Crippen molar-refractivity contribution in [1.82, 2.24) is 5.32 Å². The molecule has 1 saturated carbocycles. The number of hydrogen-bond donors (Lipinski definition) is 1. The van der Waals surface area contributed by atoms with E-state index in [2.05, 4.69) is 24.9 Å². The third-order valence-electron chi connectivity index (χ3n) is 2.97. The van der Waals surface area contributed by atoms with Gasteiger partial charge in [-0.15, -0.1) is 6.58 Å². The molecule has 0 aromatic heterocycles. The molecule has 1 rings (SSSR count). The van der Waals surface area contributed by atoms with Gasteiger partial charge in [-0.25, -0.2) is 0 Å². The minimum absolute atomic E-state index is 0.790. The molecule has 0 aromatic rings. The second kappa shape index (κ2) is 6.20. The van der Waals surface area contributed by atoms with Crippen LogP contribution in [-0.2, 0) is 0 Å². The second-order valence-electron chi connectivity index (χ2n) is 4.21. The van der Waals surface area contributed by atoms with E-state index < -0.39 is 0 Å². The number of allylic oxidation sites excluding steroid dienone is 1. The van der Waals surface area contributed by atoms with Gasteiger partial charge in [-0.05, 0) is 38.1 Å². The minimum Gasteiger partial charge on any atom is -0.314 e. The summed E-state index contributed by atoms with van der Waals surface area (Å²) >= 11 is 0. The molecule has 0 bridgehead atoms. The van der Waals surface area contributed by atoms with E-state index in [4.69, 9.17) is 0 Å². The van der Waals surface area contributed by atoms with Gasteiger partial charge in [0.05, 0.1) is 0 Å². The van der Waals surface area contributed by atoms with Crippen molar-refractivity contribution in [1.29, 1.82) is 0 Å². The Balaban J connectivity index is 2.20. The molecule has 1 heteroatoms. The zero-order chi connectivity index (χ0) is 9.52. The molecule has 1 fully saturated rings. The van der Waals surface area contributed by atoms with Gasteiger partial charge in [-0.3, -0.25) is 0 Å². The molecule has 2 atom stereocenters. The van der Waals surface area contributed by atoms with Crippen molar-refractivity contribution in [2.75, 3.05) is 6.54 Å². The van der Waals surface area contributed by atoms with Crippen LogP contribution in [0.3, 0.4) is 0 Å². The van der Waals surface area contributed by atoms with Gasteiger partial charge < -0.3 is 5.32 Å². The predicted octanol–water partition coefficient (Wildman–Crippen LogP) is 3.12. The van der Waals surface area contributed by atoms with Crippen LogP contribution in [0, 0.1) is 5.92 Å². The number of rotatable bonds is 5. The summed E-state index contributed by atoms with van der Waals surface area (Å²) in [5.74, 6) is 0.903. The van der Waals surface area contributed by atoms with Crippen molar-refractivity contribution in [3.05, 3.63) is 12.7 Å². The molecule has 1 N–H and O–H groups in total. The van der Waals surface area contributed by atoms with Crippen LogP contribution in [0.4, 0.5) is 0 Å². The van der Waals surface area contributed by atoms with Crippen LogP contribution in [0.2, 0.25) is 0 Å². The summed E-state index contributed by atoms with van der Waals surface area (Å²) < 4.78 is 0. The van der Waals surface area contributed by atoms with Crippen LogP contribution in [0.25, 0.3) is 0 Å². The predicted molar refractivity (Wildman–Crippen MR) is 58.9 cm³/mol. The molecule has 0 radical (unpaired) electrons. The van der Waals surface area contributed by atoms with Gasteiger partial charge in [-0.2, -0.15) is 0 Å². The fourth-order valence-corrected chi connectivity index (χ4v) is 2.27. The van der Waals surface area contributed by atoms with Crippen molar-refractivity contribution < 1.29 is 0 Å². The highest BCUT2D eigenvalue weighted by Gasteiger charge is 2.19. The SMILES string of the molecule is C=CCC1CCCC(NCCC)C1. The van der Waals surface area contributed by atoms with Gasteiger partial charge in [0.15, 0.2) is 0 Å². The molecule has 0 aliphatic heterocycles. The maximum atomic E-state index is 3.82. The summed E-state index contributed by atoms with van der Waals surface area (Å²) in [5, 5.41) is 3.63. The molecule has 1 aliphatic rings. The Kier molecular flexibility index (Phi) is 5.14. The standard InChI is InChI=1S/C12H23N/c1-3-6-11-7-5-8-12(10-11)13-9-4-2/h3,11-13H,1,4-10H2,2H3. The third kappa shape index (κ3) is 3.95. The van der Waals surface area contributed by atoms with Crippen LogP contribution >= 0.6 is 0 Å². The quantitative estimate of drug-likeness (QED) is 0.643. The van der Waals surface area contributed by atoms with Crippen LogP contribution in [0.15, 0.2) is 12.7 Å². The van der Waals surface area contributed by atoms with E-state index >= 15 is 0 Å². The van der Waals surface area contributed by atoms with Gasteiger partial charge in [0.1, 0.15) is 0 Å². The fraction of sp³-hybridized carbons (Fsp3) is 0.833. The van der Waals surface area contributed by atoms with E-state index in [1.54, 1.807) is 0 Å². The highest BCUT2D eigenvalue weighted by Crippen LogP contribution is 2.26. The smallest absolute Gasteiger partial charge is 0.00698 e. The van der Waals surface area contributed by atoms with Crippen LogP contribution < -0.4 is 5.32 Å². The molecule has 0 aromatic carbocycles. The summed E-state index contributed by atoms with van der Waals surface area (Å²) in [7, 11) is 0. The Bertz CT molecular complexity index is 142. The Morgan fingerprint density at radius 2 is 2.31 bits per heavy atom. The molecule has 13 heavy (non-hydrogen) atoms. The van der Waals surface area contributed by atoms with E-state index in [0.29, 0.717) is 0 Å². The molecule has 1 nitrogen and oxygen atoms in total. The van der Waals surface area contributed by atoms with E-state index in [0.717, 1.165) is 12.0 Å². The van der Waals surface area contributed by atoms with E-state index in [1.807, 2.05) is 0 Å². The van der Waals surface area contributed by atoms with Gasteiger partial charge in [-0.1, -0.05) is 25.8 Å². The molecule has 0 heterocycles. The zero-order valence-electron chi connectivity index (χ0n) is 8.89. The summed E-state index contributed by atoms with van der Waals surface area (Å²) in [4.78, 5) is 0. The minimum atomic E-state index is 0.790. The van der Waals surface area contributed by atoms with Crippen molar-refractivity contribution in [3.63, 3.8) is 0 Å². The lowest BCUT2D eigenvalue weighted by atomic mass is 9.84. The normalized spacial score (nSPS) is 28.7. The van der Waals surface area contributed by atoms with Gasteiger partial charge in [0.25, 0.3) is 0 Å². The van der Waals surface area contributed by atoms with Crippen molar-refractivity contribution in [3.8, 4) is 0 Å². The lowest BCUT2D eigenvalue weighted by Gasteiger charge is -2.29. The Hall–Kier alpha value is -0.300. The van der Waals surface area contributed by atoms with Crippen LogP contribution in [0.1, 0.15) is 45.4 Å². The molecular weight excluding hydrogens is 158 g/mol. The number of hydrogen-bond acceptors (Lipinski definition) is 1. The summed E-state index contributed by atoms with van der Waals surface area (Å²) in [6.45, 7) is 7.24. The zero-order valence-corrected chi connectivity index (χ0v) is 8.89. The van der Waals surface area contributed by atoms with Crippen LogP contribution in [-0.4, -0.2) is 12.6 Å². The van der Waals surface area contributed by atoms with Gasteiger partial charge >= 0.3 is 0 Å². The van der Waals surface area contributed by atoms with Gasteiger partial charge in [0.2, 0.25) is 0 Å². The number of nitrogens with one attached hydrogen (secondary N) is 1. The summed E-state index contributed by atoms with van der Waals surface area (Å²) in [6.07, 6.45) is 10.1. The molecular formula is C12H23N. The lowest BCUT2D eigenvalue weighted by Crippen LogP contribution is -2.34. The summed E-state index contributed by atoms with van der Waals surface area (Å²) in [6, 6.07) is 0.790. The molecule has 2 unspecified atom stereocenters. The molecule has 0 amide bonds. The average molecular weight is 181 g/mol. The molecule has 76 valence electrons. The maximum Gasteiger partial charge on any atom is 0.00698 e. The Morgan fingerprint density at radius 1 is 1.46 bits per heavy atom. The highest BCUT2D eigenvalue weighted by atomic mass is 14.9. The Labute approximate surface area is 82.6 Å². The highest BCUT2D eigenvalue weighted by molar-refractivity contribution is 4.82. The fourth-order valence-electron chi connectivity index (χ4n) is 2.27. The molecule has 0 saturated heterocycles. The van der Waals surface area contributed by atoms with Crippen molar-refractivity contribution in [2.45, 2.75) is 51.5 Å². The van der Waals surface area contributed by atoms with E-state index in [-0.39, 0.29) is 0 Å². The first kappa shape index (κ1) is 10.8. The lowest BCUT2D eigenvalue weighted by molar-refractivity contribution is 0.287. The van der Waals surface area contributed by atoms with Crippen molar-refractivity contribution in [2.24, 2.45) is 5.92 Å². The first-order valence-corrected chi connectivity index (χ1v) is 5.71. The largest absolute Gasteiger partial charge is 0.314 e. The van der Waals surface area contributed by atoms with Gasteiger partial charge in [0, 0.05) is 6.04 Å². The molecule has 0 spiro atoms. The van der Waals surface area contributed by atoms with E-state index in [9.17, 15) is 0 Å². The topological polar surface area (TPSA) is 12.0 Å². The average Bonchev–Trinajstić information content (AvgIpc) is 2.16. The monoisotopic (exact) mass is 181 g/mol. The van der Waals surface area contributed by atoms with E-state index in [1.165, 1.54) is 45.1 Å². The first-order chi connectivity index (χ1) is 6.36. The first-order valence-electron chi connectivity index (χ1n) is 5.71. The Morgan fingerprint density at radius 3 is 3.00 bits per heavy atom. The van der Waals surface area contributed by atoms with Crippen LogP contribution in [0.5, 0.6) is 0 Å². The van der Waals surface area contributed by atoms with Crippen molar-refractivity contribution >= 4 is 0 Å². The molecule has 1 aliphatic carbocycles. The maximum absolute atomic E-state index is 3.82. The third-order valence-corrected chi connectivity index (χ3v) is 2.97. The second-order valence-corrected chi connectivity index (χ2v) is 4.21.